The normalized spacial score (nSPS) is 17.0. The van der Waals surface area contributed by atoms with Crippen molar-refractivity contribution < 1.29 is 4.79 Å². The molecule has 0 bridgehead atoms. The maximum atomic E-state index is 12.2. The van der Waals surface area contributed by atoms with Crippen molar-refractivity contribution in [1.29, 1.82) is 0 Å². The van der Waals surface area contributed by atoms with E-state index in [1.807, 2.05) is 70.4 Å². The minimum atomic E-state index is 0.0963. The second-order valence-corrected chi connectivity index (χ2v) is 9.30. The third-order valence-corrected chi connectivity index (χ3v) is 7.30. The number of aromatic nitrogens is 2. The molecule has 2 aromatic rings. The number of carbonyl (C=O) groups is 1. The van der Waals surface area contributed by atoms with Crippen LogP contribution >= 0.6 is 21.6 Å². The van der Waals surface area contributed by atoms with Crippen LogP contribution in [0.2, 0.25) is 0 Å². The van der Waals surface area contributed by atoms with Gasteiger partial charge in [-0.05, 0) is 57.4 Å². The molecule has 1 N–H and O–H groups in total. The highest BCUT2D eigenvalue weighted by Crippen LogP contribution is 2.39. The van der Waals surface area contributed by atoms with Crippen LogP contribution in [0.25, 0.3) is 5.69 Å². The molecule has 1 amide bonds. The summed E-state index contributed by atoms with van der Waals surface area (Å²) in [5, 5.41) is 8.31. The first-order valence-electron chi connectivity index (χ1n) is 8.83. The Morgan fingerprint density at radius 1 is 1.32 bits per heavy atom. The van der Waals surface area contributed by atoms with Crippen molar-refractivity contribution in [2.75, 3.05) is 11.1 Å². The first kappa shape index (κ1) is 18.4. The summed E-state index contributed by atoms with van der Waals surface area (Å²) in [6, 6.07) is 9.92. The lowest BCUT2D eigenvalue weighted by atomic mass is 10.1. The van der Waals surface area contributed by atoms with Crippen LogP contribution < -0.4 is 5.32 Å². The zero-order valence-corrected chi connectivity index (χ0v) is 16.5. The molecule has 1 atom stereocenters. The Morgan fingerprint density at radius 2 is 2.20 bits per heavy atom. The zero-order valence-electron chi connectivity index (χ0n) is 14.8. The van der Waals surface area contributed by atoms with Crippen LogP contribution in [-0.2, 0) is 4.79 Å². The minimum absolute atomic E-state index is 0.0963. The number of hydrogen-bond donors (Lipinski definition) is 1. The summed E-state index contributed by atoms with van der Waals surface area (Å²) < 4.78 is 1.91. The number of unbranched alkanes of at least 4 members (excludes halogenated alkanes) is 1. The number of benzene rings is 1. The summed E-state index contributed by atoms with van der Waals surface area (Å²) in [6.07, 6.45) is 5.25. The summed E-state index contributed by atoms with van der Waals surface area (Å²) in [5.41, 5.74) is 3.88. The summed E-state index contributed by atoms with van der Waals surface area (Å²) in [6.45, 7) is 4.02. The molecule has 0 aliphatic carbocycles. The Morgan fingerprint density at radius 3 is 2.92 bits per heavy atom. The molecule has 1 aromatic heterocycles. The third kappa shape index (κ3) is 5.28. The number of nitrogens with zero attached hydrogens (tertiary/aromatic N) is 2. The van der Waals surface area contributed by atoms with E-state index < -0.39 is 0 Å². The smallest absolute Gasteiger partial charge is 0.224 e. The molecule has 1 aliphatic rings. The van der Waals surface area contributed by atoms with Gasteiger partial charge in [0.2, 0.25) is 5.91 Å². The first-order chi connectivity index (χ1) is 12.1. The lowest BCUT2D eigenvalue weighted by Crippen LogP contribution is -2.12. The molecule has 0 saturated carbocycles. The van der Waals surface area contributed by atoms with Crippen molar-refractivity contribution in [3.63, 3.8) is 0 Å². The number of rotatable bonds is 7. The van der Waals surface area contributed by atoms with Crippen LogP contribution in [0.15, 0.2) is 30.3 Å². The van der Waals surface area contributed by atoms with Gasteiger partial charge in [0.25, 0.3) is 0 Å². The topological polar surface area (TPSA) is 46.9 Å². The summed E-state index contributed by atoms with van der Waals surface area (Å²) in [5.74, 6) is 1.38. The second kappa shape index (κ2) is 8.81. The summed E-state index contributed by atoms with van der Waals surface area (Å²) >= 11 is 0. The van der Waals surface area contributed by atoms with Crippen molar-refractivity contribution in [2.45, 2.75) is 51.2 Å². The fourth-order valence-electron chi connectivity index (χ4n) is 3.05. The van der Waals surface area contributed by atoms with Gasteiger partial charge in [-0.25, -0.2) is 4.68 Å². The number of aryl methyl sites for hydroxylation is 2. The van der Waals surface area contributed by atoms with E-state index in [2.05, 4.69) is 10.4 Å². The van der Waals surface area contributed by atoms with Crippen LogP contribution in [0.4, 0.5) is 5.69 Å². The predicted molar refractivity (Wildman–Crippen MR) is 109 cm³/mol. The van der Waals surface area contributed by atoms with Crippen molar-refractivity contribution in [3.8, 4) is 5.69 Å². The highest BCUT2D eigenvalue weighted by molar-refractivity contribution is 8.77. The van der Waals surface area contributed by atoms with Gasteiger partial charge < -0.3 is 5.32 Å². The highest BCUT2D eigenvalue weighted by Gasteiger charge is 2.15. The first-order valence-corrected chi connectivity index (χ1v) is 11.2. The van der Waals surface area contributed by atoms with E-state index in [1.54, 1.807) is 0 Å². The van der Waals surface area contributed by atoms with Gasteiger partial charge in [0.15, 0.2) is 0 Å². The SMILES string of the molecule is Cc1cc(C)n(-c2cccc(NC(=O)CCCCC3CCSS3)c2)n1. The highest BCUT2D eigenvalue weighted by atomic mass is 33.1. The van der Waals surface area contributed by atoms with E-state index in [4.69, 9.17) is 0 Å². The van der Waals surface area contributed by atoms with Gasteiger partial charge in [0.05, 0.1) is 11.4 Å². The molecule has 0 radical (unpaired) electrons. The monoisotopic (exact) mass is 375 g/mol. The van der Waals surface area contributed by atoms with Crippen molar-refractivity contribution in [1.82, 2.24) is 9.78 Å². The van der Waals surface area contributed by atoms with Gasteiger partial charge in [-0.1, -0.05) is 34.1 Å². The number of anilines is 1. The molecule has 1 aliphatic heterocycles. The van der Waals surface area contributed by atoms with E-state index in [-0.39, 0.29) is 5.91 Å². The number of hydrogen-bond acceptors (Lipinski definition) is 4. The van der Waals surface area contributed by atoms with Crippen LogP contribution in [0.1, 0.15) is 43.5 Å². The van der Waals surface area contributed by atoms with Gasteiger partial charge >= 0.3 is 0 Å². The largest absolute Gasteiger partial charge is 0.326 e. The van der Waals surface area contributed by atoms with Gasteiger partial charge in [-0.3, -0.25) is 4.79 Å². The number of carbonyl (C=O) groups excluding carboxylic acids is 1. The molecule has 6 heteroatoms. The molecule has 134 valence electrons. The van der Waals surface area contributed by atoms with Crippen molar-refractivity contribution in [2.24, 2.45) is 0 Å². The number of nitrogens with one attached hydrogen (secondary N) is 1. The van der Waals surface area contributed by atoms with E-state index >= 15 is 0 Å². The number of amides is 1. The van der Waals surface area contributed by atoms with Crippen LogP contribution in [0, 0.1) is 13.8 Å². The molecule has 2 heterocycles. The summed E-state index contributed by atoms with van der Waals surface area (Å²) in [4.78, 5) is 12.2. The van der Waals surface area contributed by atoms with Gasteiger partial charge in [-0.2, -0.15) is 5.10 Å². The van der Waals surface area contributed by atoms with Crippen LogP contribution in [-0.4, -0.2) is 26.7 Å². The zero-order chi connectivity index (χ0) is 17.6. The van der Waals surface area contributed by atoms with Crippen LogP contribution in [0.3, 0.4) is 0 Å². The van der Waals surface area contributed by atoms with Crippen molar-refractivity contribution in [3.05, 3.63) is 41.7 Å². The molecule has 0 spiro atoms. The van der Waals surface area contributed by atoms with Gasteiger partial charge in [-0.15, -0.1) is 0 Å². The quantitative estimate of drug-likeness (QED) is 0.537. The molecular weight excluding hydrogens is 350 g/mol. The fraction of sp³-hybridized carbons (Fsp3) is 0.474. The second-order valence-electron chi connectivity index (χ2n) is 6.51. The maximum absolute atomic E-state index is 12.2. The Balaban J connectivity index is 1.49. The predicted octanol–water partition coefficient (Wildman–Crippen LogP) is 5.14. The molecule has 3 rings (SSSR count). The van der Waals surface area contributed by atoms with E-state index in [9.17, 15) is 4.79 Å². The molecular formula is C19H25N3OS2. The molecule has 1 aromatic carbocycles. The lowest BCUT2D eigenvalue weighted by molar-refractivity contribution is -0.116. The van der Waals surface area contributed by atoms with Gasteiger partial charge in [0.1, 0.15) is 0 Å². The van der Waals surface area contributed by atoms with Gasteiger partial charge in [0, 0.05) is 28.8 Å². The molecule has 25 heavy (non-hydrogen) atoms. The van der Waals surface area contributed by atoms with E-state index in [0.29, 0.717) is 6.42 Å². The van der Waals surface area contributed by atoms with Crippen LogP contribution in [0.5, 0.6) is 0 Å². The molecule has 4 nitrogen and oxygen atoms in total. The average molecular weight is 376 g/mol. The maximum Gasteiger partial charge on any atom is 0.224 e. The Hall–Kier alpha value is -1.40. The summed E-state index contributed by atoms with van der Waals surface area (Å²) in [7, 11) is 3.99. The molecule has 1 saturated heterocycles. The lowest BCUT2D eigenvalue weighted by Gasteiger charge is -2.09. The standard InChI is InChI=1S/C19H25N3OS2/c1-14-12-15(2)22(21-14)17-7-5-6-16(13-17)20-19(23)9-4-3-8-18-10-11-24-25-18/h5-7,12-13,18H,3-4,8-11H2,1-2H3,(H,20,23). The Kier molecular flexibility index (Phi) is 6.48. The molecule has 1 unspecified atom stereocenters. The average Bonchev–Trinajstić information content (AvgIpc) is 3.21. The fourth-order valence-corrected chi connectivity index (χ4v) is 6.08. The van der Waals surface area contributed by atoms with Crippen molar-refractivity contribution >= 4 is 33.2 Å². The van der Waals surface area contributed by atoms with E-state index in [1.165, 1.54) is 18.6 Å². The Labute approximate surface area is 157 Å². The van der Waals surface area contributed by atoms with E-state index in [0.717, 1.165) is 40.9 Å². The third-order valence-electron chi connectivity index (χ3n) is 4.29. The minimum Gasteiger partial charge on any atom is -0.326 e. The Bertz CT molecular complexity index is 723. The molecule has 1 fully saturated rings.